The smallest absolute Gasteiger partial charge is 0.236 e. The van der Waals surface area contributed by atoms with Gasteiger partial charge in [-0.3, -0.25) is 9.69 Å². The van der Waals surface area contributed by atoms with Crippen molar-refractivity contribution in [3.63, 3.8) is 0 Å². The summed E-state index contributed by atoms with van der Waals surface area (Å²) in [4.78, 5) is 18.6. The van der Waals surface area contributed by atoms with Crippen LogP contribution in [0, 0.1) is 0 Å². The van der Waals surface area contributed by atoms with Gasteiger partial charge in [0.2, 0.25) is 5.91 Å². The summed E-state index contributed by atoms with van der Waals surface area (Å²) in [6, 6.07) is 15.2. The van der Waals surface area contributed by atoms with Gasteiger partial charge in [0.15, 0.2) is 0 Å². The Morgan fingerprint density at radius 3 is 2.37 bits per heavy atom. The van der Waals surface area contributed by atoms with Crippen LogP contribution in [0.4, 0.5) is 5.69 Å². The summed E-state index contributed by atoms with van der Waals surface area (Å²) in [6.45, 7) is 4.20. The fraction of sp³-hybridized carbons (Fsp3) is 0.381. The minimum Gasteiger partial charge on any atom is -0.506 e. The topological polar surface area (TPSA) is 56.2 Å². The second kappa shape index (κ2) is 8.77. The molecule has 0 bridgehead atoms. The molecule has 27 heavy (non-hydrogen) atoms. The van der Waals surface area contributed by atoms with E-state index >= 15 is 0 Å². The van der Waals surface area contributed by atoms with Gasteiger partial charge >= 0.3 is 0 Å². The molecule has 0 atom stereocenters. The molecule has 3 rings (SSSR count). The average molecular weight is 369 g/mol. The lowest BCUT2D eigenvalue weighted by Crippen LogP contribution is -2.49. The van der Waals surface area contributed by atoms with Crippen molar-refractivity contribution in [2.24, 2.45) is 0 Å². The van der Waals surface area contributed by atoms with Gasteiger partial charge in [-0.25, -0.2) is 0 Å². The van der Waals surface area contributed by atoms with Gasteiger partial charge in [0.05, 0.1) is 19.3 Å². The van der Waals surface area contributed by atoms with Crippen molar-refractivity contribution < 1.29 is 14.6 Å². The Balaban J connectivity index is 1.47. The zero-order chi connectivity index (χ0) is 19.2. The Labute approximate surface area is 160 Å². The van der Waals surface area contributed by atoms with Crippen molar-refractivity contribution >= 4 is 11.6 Å². The lowest BCUT2D eigenvalue weighted by Gasteiger charge is -2.36. The SMILES string of the molecule is COc1ccc(CN(C)C(=O)CN2CCN(c3ccccc3O)CC2)cc1. The summed E-state index contributed by atoms with van der Waals surface area (Å²) >= 11 is 0. The molecule has 1 aliphatic rings. The van der Waals surface area contributed by atoms with Crippen LogP contribution in [0.2, 0.25) is 0 Å². The number of hydrogen-bond donors (Lipinski definition) is 1. The number of carbonyl (C=O) groups is 1. The van der Waals surface area contributed by atoms with Gasteiger partial charge < -0.3 is 19.6 Å². The fourth-order valence-electron chi connectivity index (χ4n) is 3.28. The largest absolute Gasteiger partial charge is 0.506 e. The van der Waals surface area contributed by atoms with E-state index < -0.39 is 0 Å². The van der Waals surface area contributed by atoms with E-state index in [0.29, 0.717) is 18.8 Å². The first kappa shape index (κ1) is 19.0. The first-order valence-electron chi connectivity index (χ1n) is 9.19. The summed E-state index contributed by atoms with van der Waals surface area (Å²) in [5.74, 6) is 1.23. The molecule has 1 aliphatic heterocycles. The molecular weight excluding hydrogens is 342 g/mol. The quantitative estimate of drug-likeness (QED) is 0.846. The maximum Gasteiger partial charge on any atom is 0.236 e. The third-order valence-electron chi connectivity index (χ3n) is 4.96. The molecule has 2 aromatic rings. The first-order valence-corrected chi connectivity index (χ1v) is 9.19. The molecule has 0 radical (unpaired) electrons. The lowest BCUT2D eigenvalue weighted by molar-refractivity contribution is -0.131. The average Bonchev–Trinajstić information content (AvgIpc) is 2.69. The van der Waals surface area contributed by atoms with E-state index in [1.54, 1.807) is 18.1 Å². The number of carbonyl (C=O) groups excluding carboxylic acids is 1. The molecule has 2 aromatic carbocycles. The number of ether oxygens (including phenoxy) is 1. The maximum absolute atomic E-state index is 12.6. The summed E-state index contributed by atoms with van der Waals surface area (Å²) in [7, 11) is 3.48. The number of para-hydroxylation sites is 2. The molecule has 1 fully saturated rings. The molecule has 0 aromatic heterocycles. The molecule has 1 amide bonds. The molecule has 144 valence electrons. The van der Waals surface area contributed by atoms with Crippen LogP contribution in [-0.4, -0.2) is 67.7 Å². The number of piperazine rings is 1. The summed E-state index contributed by atoms with van der Waals surface area (Å²) in [6.07, 6.45) is 0. The minimum absolute atomic E-state index is 0.113. The Bertz CT molecular complexity index is 756. The fourth-order valence-corrected chi connectivity index (χ4v) is 3.28. The number of phenols is 1. The van der Waals surface area contributed by atoms with Gasteiger partial charge in [-0.15, -0.1) is 0 Å². The zero-order valence-electron chi connectivity index (χ0n) is 16.0. The predicted molar refractivity (Wildman–Crippen MR) is 106 cm³/mol. The van der Waals surface area contributed by atoms with Gasteiger partial charge in [-0.1, -0.05) is 24.3 Å². The Morgan fingerprint density at radius 1 is 1.07 bits per heavy atom. The maximum atomic E-state index is 12.6. The van der Waals surface area contributed by atoms with Crippen molar-refractivity contribution in [3.8, 4) is 11.5 Å². The minimum atomic E-state index is 0.113. The molecule has 6 heteroatoms. The molecule has 6 nitrogen and oxygen atoms in total. The molecule has 1 N–H and O–H groups in total. The molecule has 0 unspecified atom stereocenters. The number of hydrogen-bond acceptors (Lipinski definition) is 5. The molecule has 0 spiro atoms. The van der Waals surface area contributed by atoms with Crippen LogP contribution in [0.3, 0.4) is 0 Å². The zero-order valence-corrected chi connectivity index (χ0v) is 16.0. The second-order valence-corrected chi connectivity index (χ2v) is 6.85. The summed E-state index contributed by atoms with van der Waals surface area (Å²) in [5, 5.41) is 10.00. The van der Waals surface area contributed by atoms with Crippen LogP contribution in [-0.2, 0) is 11.3 Å². The first-order chi connectivity index (χ1) is 13.1. The molecular formula is C21H27N3O3. The van der Waals surface area contributed by atoms with Crippen molar-refractivity contribution in [3.05, 3.63) is 54.1 Å². The summed E-state index contributed by atoms with van der Waals surface area (Å²) in [5.41, 5.74) is 1.94. The van der Waals surface area contributed by atoms with Gasteiger partial charge in [-0.2, -0.15) is 0 Å². The van der Waals surface area contributed by atoms with Crippen molar-refractivity contribution in [2.75, 3.05) is 51.8 Å². The Kier molecular flexibility index (Phi) is 6.19. The second-order valence-electron chi connectivity index (χ2n) is 6.85. The van der Waals surface area contributed by atoms with Crippen LogP contribution < -0.4 is 9.64 Å². The highest BCUT2D eigenvalue weighted by Gasteiger charge is 2.22. The molecule has 0 saturated carbocycles. The summed E-state index contributed by atoms with van der Waals surface area (Å²) < 4.78 is 5.16. The van der Waals surface area contributed by atoms with Crippen molar-refractivity contribution in [1.29, 1.82) is 0 Å². The third kappa shape index (κ3) is 4.92. The number of likely N-dealkylation sites (N-methyl/N-ethyl adjacent to an activating group) is 1. The monoisotopic (exact) mass is 369 g/mol. The number of phenolic OH excluding ortho intramolecular Hbond substituents is 1. The van der Waals surface area contributed by atoms with Crippen LogP contribution in [0.5, 0.6) is 11.5 Å². The van der Waals surface area contributed by atoms with Crippen LogP contribution in [0.25, 0.3) is 0 Å². The van der Waals surface area contributed by atoms with Gasteiger partial charge in [-0.05, 0) is 29.8 Å². The number of amides is 1. The predicted octanol–water partition coefficient (Wildman–Crippen LogP) is 2.18. The van der Waals surface area contributed by atoms with E-state index in [-0.39, 0.29) is 5.91 Å². The number of benzene rings is 2. The van der Waals surface area contributed by atoms with Gasteiger partial charge in [0, 0.05) is 39.8 Å². The van der Waals surface area contributed by atoms with Gasteiger partial charge in [0.25, 0.3) is 0 Å². The van der Waals surface area contributed by atoms with E-state index in [9.17, 15) is 9.90 Å². The Morgan fingerprint density at radius 2 is 1.74 bits per heavy atom. The highest BCUT2D eigenvalue weighted by atomic mass is 16.5. The third-order valence-corrected chi connectivity index (χ3v) is 4.96. The number of anilines is 1. The number of methoxy groups -OCH3 is 1. The highest BCUT2D eigenvalue weighted by molar-refractivity contribution is 5.78. The molecule has 1 heterocycles. The van der Waals surface area contributed by atoms with E-state index in [4.69, 9.17) is 4.74 Å². The van der Waals surface area contributed by atoms with E-state index in [1.165, 1.54) is 0 Å². The highest BCUT2D eigenvalue weighted by Crippen LogP contribution is 2.27. The molecule has 0 aliphatic carbocycles. The Hall–Kier alpha value is -2.73. The van der Waals surface area contributed by atoms with E-state index in [2.05, 4.69) is 9.80 Å². The van der Waals surface area contributed by atoms with Crippen LogP contribution in [0.15, 0.2) is 48.5 Å². The normalized spacial score (nSPS) is 14.8. The lowest BCUT2D eigenvalue weighted by atomic mass is 10.2. The van der Waals surface area contributed by atoms with Crippen molar-refractivity contribution in [2.45, 2.75) is 6.54 Å². The number of nitrogens with zero attached hydrogens (tertiary/aromatic N) is 3. The molecule has 1 saturated heterocycles. The van der Waals surface area contributed by atoms with E-state index in [1.807, 2.05) is 49.5 Å². The van der Waals surface area contributed by atoms with Crippen molar-refractivity contribution in [1.82, 2.24) is 9.80 Å². The number of rotatable bonds is 6. The van der Waals surface area contributed by atoms with Crippen LogP contribution in [0.1, 0.15) is 5.56 Å². The number of aromatic hydroxyl groups is 1. The van der Waals surface area contributed by atoms with Crippen LogP contribution >= 0.6 is 0 Å². The van der Waals surface area contributed by atoms with Gasteiger partial charge in [0.1, 0.15) is 11.5 Å². The van der Waals surface area contributed by atoms with E-state index in [0.717, 1.165) is 43.2 Å². The standard InChI is InChI=1S/C21H27N3O3/c1-22(15-17-7-9-18(27-2)10-8-17)21(26)16-23-11-13-24(14-12-23)19-5-3-4-6-20(19)25/h3-10,25H,11-16H2,1-2H3.